The van der Waals surface area contributed by atoms with Gasteiger partial charge in [-0.15, -0.1) is 11.3 Å². The second-order valence-corrected chi connectivity index (χ2v) is 5.85. The van der Waals surface area contributed by atoms with E-state index in [-0.39, 0.29) is 0 Å². The van der Waals surface area contributed by atoms with Gasteiger partial charge < -0.3 is 4.74 Å². The first-order valence-corrected chi connectivity index (χ1v) is 8.00. The van der Waals surface area contributed by atoms with Gasteiger partial charge in [0, 0.05) is 23.3 Å². The molecule has 1 N–H and O–H groups in total. The second-order valence-electron chi connectivity index (χ2n) is 4.98. The lowest BCUT2D eigenvalue weighted by Gasteiger charge is -2.03. The zero-order valence-electron chi connectivity index (χ0n) is 12.4. The van der Waals surface area contributed by atoms with E-state index in [1.54, 1.807) is 24.6 Å². The molecule has 0 bridgehead atoms. The number of imidazole rings is 1. The number of fused-ring (bicyclic) bond motifs is 1. The quantitative estimate of drug-likeness (QED) is 0.618. The molecule has 1 aromatic carbocycles. The molecular weight excluding hydrogens is 308 g/mol. The van der Waals surface area contributed by atoms with Crippen molar-refractivity contribution in [1.29, 1.82) is 0 Å². The highest BCUT2D eigenvalue weighted by Crippen LogP contribution is 2.30. The summed E-state index contributed by atoms with van der Waals surface area (Å²) in [6, 6.07) is 9.88. The van der Waals surface area contributed by atoms with Gasteiger partial charge in [-0.25, -0.2) is 4.98 Å². The molecule has 0 amide bonds. The van der Waals surface area contributed by atoms with E-state index in [9.17, 15) is 0 Å². The number of thiazole rings is 1. The van der Waals surface area contributed by atoms with Crippen LogP contribution in [-0.2, 0) is 0 Å². The monoisotopic (exact) mass is 322 g/mol. The van der Waals surface area contributed by atoms with Crippen LogP contribution in [0, 0.1) is 0 Å². The van der Waals surface area contributed by atoms with Gasteiger partial charge in [0.1, 0.15) is 5.75 Å². The van der Waals surface area contributed by atoms with E-state index in [0.717, 1.165) is 33.4 Å². The summed E-state index contributed by atoms with van der Waals surface area (Å²) < 4.78 is 7.42. The number of rotatable bonds is 4. The third-order valence-electron chi connectivity index (χ3n) is 3.59. The first kappa shape index (κ1) is 13.8. The Labute approximate surface area is 136 Å². The van der Waals surface area contributed by atoms with Crippen molar-refractivity contribution in [2.24, 2.45) is 0 Å². The summed E-state index contributed by atoms with van der Waals surface area (Å²) in [4.78, 5) is 5.73. The lowest BCUT2D eigenvalue weighted by molar-refractivity contribution is 0.415. The van der Waals surface area contributed by atoms with Crippen LogP contribution < -0.4 is 4.74 Å². The predicted molar refractivity (Wildman–Crippen MR) is 92.6 cm³/mol. The van der Waals surface area contributed by atoms with Gasteiger partial charge in [-0.05, 0) is 30.4 Å². The van der Waals surface area contributed by atoms with Crippen LogP contribution in [0.1, 0.15) is 11.4 Å². The van der Waals surface area contributed by atoms with E-state index >= 15 is 0 Å². The highest BCUT2D eigenvalue weighted by Gasteiger charge is 2.13. The van der Waals surface area contributed by atoms with Crippen molar-refractivity contribution in [3.63, 3.8) is 0 Å². The third kappa shape index (κ3) is 2.53. The molecule has 0 aliphatic carbocycles. The van der Waals surface area contributed by atoms with Crippen molar-refractivity contribution in [2.75, 3.05) is 7.11 Å². The smallest absolute Gasteiger partial charge is 0.194 e. The summed E-state index contributed by atoms with van der Waals surface area (Å²) in [6.45, 7) is 0. The highest BCUT2D eigenvalue weighted by atomic mass is 32.1. The molecular formula is C17H14N4OS. The third-order valence-corrected chi connectivity index (χ3v) is 4.34. The Hall–Kier alpha value is -2.86. The van der Waals surface area contributed by atoms with Gasteiger partial charge in [0.25, 0.3) is 0 Å². The Morgan fingerprint density at radius 2 is 2.22 bits per heavy atom. The lowest BCUT2D eigenvalue weighted by atomic mass is 10.1. The zero-order chi connectivity index (χ0) is 15.6. The average molecular weight is 322 g/mol. The summed E-state index contributed by atoms with van der Waals surface area (Å²) in [6.07, 6.45) is 7.81. The summed E-state index contributed by atoms with van der Waals surface area (Å²) in [5.74, 6) is 0.822. The number of ether oxygens (including phenoxy) is 1. The molecule has 3 heterocycles. The van der Waals surface area contributed by atoms with Crippen molar-refractivity contribution in [3.05, 3.63) is 59.5 Å². The Morgan fingerprint density at radius 1 is 1.26 bits per heavy atom. The van der Waals surface area contributed by atoms with Gasteiger partial charge in [0.15, 0.2) is 4.96 Å². The van der Waals surface area contributed by atoms with E-state index in [1.165, 1.54) is 0 Å². The van der Waals surface area contributed by atoms with Crippen LogP contribution in [0.25, 0.3) is 28.4 Å². The molecule has 0 fully saturated rings. The maximum atomic E-state index is 5.33. The number of nitrogens with one attached hydrogen (secondary N) is 1. The van der Waals surface area contributed by atoms with Gasteiger partial charge in [-0.2, -0.15) is 5.10 Å². The fourth-order valence-electron chi connectivity index (χ4n) is 2.47. The molecule has 0 spiro atoms. The number of benzene rings is 1. The summed E-state index contributed by atoms with van der Waals surface area (Å²) in [5, 5.41) is 8.93. The maximum absolute atomic E-state index is 5.33. The Bertz CT molecular complexity index is 966. The largest absolute Gasteiger partial charge is 0.497 e. The molecule has 0 aliphatic rings. The zero-order valence-corrected chi connectivity index (χ0v) is 13.2. The Kier molecular flexibility index (Phi) is 3.44. The number of aromatic amines is 1. The molecule has 0 aliphatic heterocycles. The fourth-order valence-corrected chi connectivity index (χ4v) is 3.19. The SMILES string of the molecule is COc1cccc(-c2nc3sccn3c2/C=C/c2ccn[nH]2)c1. The molecule has 0 unspecified atom stereocenters. The number of nitrogens with zero attached hydrogens (tertiary/aromatic N) is 3. The summed E-state index contributed by atoms with van der Waals surface area (Å²) >= 11 is 1.62. The molecule has 0 radical (unpaired) electrons. The van der Waals surface area contributed by atoms with Crippen molar-refractivity contribution in [2.45, 2.75) is 0 Å². The topological polar surface area (TPSA) is 55.2 Å². The molecule has 6 heteroatoms. The van der Waals surface area contributed by atoms with E-state index in [1.807, 2.05) is 48.0 Å². The maximum Gasteiger partial charge on any atom is 0.194 e. The molecule has 23 heavy (non-hydrogen) atoms. The molecule has 114 valence electrons. The van der Waals surface area contributed by atoms with Crippen molar-refractivity contribution in [1.82, 2.24) is 19.6 Å². The number of hydrogen-bond donors (Lipinski definition) is 1. The van der Waals surface area contributed by atoms with Crippen LogP contribution in [0.2, 0.25) is 0 Å². The van der Waals surface area contributed by atoms with Gasteiger partial charge in [-0.3, -0.25) is 9.50 Å². The number of aromatic nitrogens is 4. The van der Waals surface area contributed by atoms with Gasteiger partial charge in [0.2, 0.25) is 0 Å². The van der Waals surface area contributed by atoms with Crippen molar-refractivity contribution < 1.29 is 4.74 Å². The normalized spacial score (nSPS) is 11.5. The van der Waals surface area contributed by atoms with E-state index in [2.05, 4.69) is 20.7 Å². The average Bonchev–Trinajstić information content (AvgIpc) is 3.30. The summed E-state index contributed by atoms with van der Waals surface area (Å²) in [5.41, 5.74) is 3.95. The van der Waals surface area contributed by atoms with Crippen LogP contribution in [0.4, 0.5) is 0 Å². The molecule has 0 saturated carbocycles. The van der Waals surface area contributed by atoms with E-state index in [4.69, 9.17) is 9.72 Å². The van der Waals surface area contributed by atoms with Crippen LogP contribution in [0.15, 0.2) is 48.1 Å². The Morgan fingerprint density at radius 3 is 3.04 bits per heavy atom. The van der Waals surface area contributed by atoms with E-state index in [0.29, 0.717) is 0 Å². The van der Waals surface area contributed by atoms with Crippen molar-refractivity contribution >= 4 is 28.4 Å². The van der Waals surface area contributed by atoms with Gasteiger partial charge in [0.05, 0.1) is 24.2 Å². The van der Waals surface area contributed by atoms with Gasteiger partial charge >= 0.3 is 0 Å². The minimum absolute atomic E-state index is 0.822. The minimum atomic E-state index is 0.822. The molecule has 5 nitrogen and oxygen atoms in total. The first-order valence-electron chi connectivity index (χ1n) is 7.12. The predicted octanol–water partition coefficient (Wildman–Crippen LogP) is 3.96. The first-order chi connectivity index (χ1) is 11.3. The number of methoxy groups -OCH3 is 1. The van der Waals surface area contributed by atoms with Crippen LogP contribution in [-0.4, -0.2) is 26.7 Å². The standard InChI is InChI=1S/C17H14N4OS/c1-22-14-4-2-3-12(11-14)16-15(6-5-13-7-8-18-20-13)21-9-10-23-17(21)19-16/h2-11H,1H3,(H,18,20)/b6-5+. The number of H-pyrrole nitrogens is 1. The van der Waals surface area contributed by atoms with Crippen LogP contribution >= 0.6 is 11.3 Å². The molecule has 4 rings (SSSR count). The summed E-state index contributed by atoms with van der Waals surface area (Å²) in [7, 11) is 1.67. The second kappa shape index (κ2) is 5.73. The molecule has 4 aromatic rings. The minimum Gasteiger partial charge on any atom is -0.497 e. The fraction of sp³-hybridized carbons (Fsp3) is 0.0588. The molecule has 0 atom stereocenters. The Balaban J connectivity index is 1.85. The molecule has 3 aromatic heterocycles. The van der Waals surface area contributed by atoms with Crippen LogP contribution in [0.5, 0.6) is 5.75 Å². The molecule has 0 saturated heterocycles. The van der Waals surface area contributed by atoms with Gasteiger partial charge in [-0.1, -0.05) is 12.1 Å². The lowest BCUT2D eigenvalue weighted by Crippen LogP contribution is -1.87. The van der Waals surface area contributed by atoms with Crippen molar-refractivity contribution in [3.8, 4) is 17.0 Å². The number of hydrogen-bond acceptors (Lipinski definition) is 4. The highest BCUT2D eigenvalue weighted by molar-refractivity contribution is 7.15. The van der Waals surface area contributed by atoms with Crippen LogP contribution in [0.3, 0.4) is 0 Å². The van der Waals surface area contributed by atoms with E-state index < -0.39 is 0 Å².